The van der Waals surface area contributed by atoms with Gasteiger partial charge in [0.15, 0.2) is 0 Å². The van der Waals surface area contributed by atoms with E-state index in [-0.39, 0.29) is 5.91 Å². The zero-order valence-electron chi connectivity index (χ0n) is 20.2. The second-order valence-corrected chi connectivity index (χ2v) is 10.1. The number of aromatic nitrogens is 1. The van der Waals surface area contributed by atoms with Crippen LogP contribution in [0.1, 0.15) is 54.4 Å². The fourth-order valence-corrected chi connectivity index (χ4v) is 5.12. The van der Waals surface area contributed by atoms with E-state index in [0.717, 1.165) is 50.2 Å². The van der Waals surface area contributed by atoms with Crippen LogP contribution in [0.5, 0.6) is 0 Å². The number of benzene rings is 2. The van der Waals surface area contributed by atoms with Crippen molar-refractivity contribution in [1.29, 1.82) is 0 Å². The van der Waals surface area contributed by atoms with E-state index >= 15 is 0 Å². The molecule has 1 fully saturated rings. The van der Waals surface area contributed by atoms with Gasteiger partial charge in [-0.3, -0.25) is 9.78 Å². The smallest absolute Gasteiger partial charge is 0.251 e. The van der Waals surface area contributed by atoms with Crippen molar-refractivity contribution in [2.24, 2.45) is 5.92 Å². The van der Waals surface area contributed by atoms with Crippen LogP contribution in [0.2, 0.25) is 10.0 Å². The minimum atomic E-state index is -0.0257. The first-order valence-electron chi connectivity index (χ1n) is 12.5. The lowest BCUT2D eigenvalue weighted by molar-refractivity contribution is 0.0952. The van der Waals surface area contributed by atoms with Gasteiger partial charge >= 0.3 is 0 Å². The van der Waals surface area contributed by atoms with Gasteiger partial charge in [-0.15, -0.1) is 0 Å². The quantitative estimate of drug-likeness (QED) is 0.265. The molecular weight excluding hydrogens is 477 g/mol. The number of unbranched alkanes of at least 4 members (excludes halogenated alkanes) is 1. The summed E-state index contributed by atoms with van der Waals surface area (Å²) in [6.07, 6.45) is 6.12. The Bertz CT molecular complexity index is 1100. The van der Waals surface area contributed by atoms with Gasteiger partial charge in [-0.05, 0) is 86.5 Å². The number of carbonyl (C=O) groups is 1. The summed E-state index contributed by atoms with van der Waals surface area (Å²) in [5.41, 5.74) is 3.78. The average Bonchev–Trinajstić information content (AvgIpc) is 3.64. The molecule has 0 saturated heterocycles. The Balaban J connectivity index is 1.17. The number of nitrogens with zero attached hydrogens (tertiary/aromatic N) is 2. The van der Waals surface area contributed by atoms with Gasteiger partial charge < -0.3 is 10.2 Å². The first-order valence-corrected chi connectivity index (χ1v) is 13.3. The summed E-state index contributed by atoms with van der Waals surface area (Å²) in [6, 6.07) is 19.4. The lowest BCUT2D eigenvalue weighted by Gasteiger charge is -2.22. The molecule has 2 aromatic carbocycles. The van der Waals surface area contributed by atoms with E-state index in [1.807, 2.05) is 54.6 Å². The van der Waals surface area contributed by atoms with Crippen molar-refractivity contribution in [3.05, 3.63) is 88.0 Å². The number of rotatable bonds is 12. The third-order valence-electron chi connectivity index (χ3n) is 6.63. The van der Waals surface area contributed by atoms with Gasteiger partial charge in [-0.2, -0.15) is 0 Å². The average molecular weight is 511 g/mol. The molecule has 1 heterocycles. The molecule has 2 atom stereocenters. The zero-order chi connectivity index (χ0) is 24.6. The van der Waals surface area contributed by atoms with Crippen LogP contribution in [0.25, 0.3) is 11.3 Å². The maximum Gasteiger partial charge on any atom is 0.251 e. The Morgan fingerprint density at radius 3 is 2.60 bits per heavy atom. The molecule has 1 N–H and O–H groups in total. The summed E-state index contributed by atoms with van der Waals surface area (Å²) in [5, 5.41) is 4.42. The second-order valence-electron chi connectivity index (χ2n) is 9.30. The van der Waals surface area contributed by atoms with Crippen molar-refractivity contribution in [2.75, 3.05) is 26.2 Å². The fourth-order valence-electron chi connectivity index (χ4n) is 4.67. The van der Waals surface area contributed by atoms with Crippen molar-refractivity contribution in [1.82, 2.24) is 15.2 Å². The molecule has 0 aliphatic heterocycles. The highest BCUT2D eigenvalue weighted by atomic mass is 35.5. The molecule has 0 radical (unpaired) electrons. The Kier molecular flexibility index (Phi) is 9.19. The van der Waals surface area contributed by atoms with E-state index in [9.17, 15) is 4.79 Å². The first kappa shape index (κ1) is 25.7. The molecule has 6 heteroatoms. The Hall–Kier alpha value is -2.40. The predicted octanol–water partition coefficient (Wildman–Crippen LogP) is 7.08. The molecule has 4 nitrogen and oxygen atoms in total. The monoisotopic (exact) mass is 509 g/mol. The van der Waals surface area contributed by atoms with Gasteiger partial charge in [0.25, 0.3) is 5.91 Å². The van der Waals surface area contributed by atoms with Gasteiger partial charge in [-0.1, -0.05) is 60.5 Å². The van der Waals surface area contributed by atoms with E-state index in [1.54, 1.807) is 6.20 Å². The van der Waals surface area contributed by atoms with Gasteiger partial charge in [0.05, 0.1) is 15.7 Å². The van der Waals surface area contributed by atoms with E-state index in [4.69, 9.17) is 23.2 Å². The summed E-state index contributed by atoms with van der Waals surface area (Å²) < 4.78 is 0. The molecule has 1 aliphatic carbocycles. The lowest BCUT2D eigenvalue weighted by Crippen LogP contribution is -2.29. The third-order valence-corrected chi connectivity index (χ3v) is 7.46. The van der Waals surface area contributed by atoms with E-state index in [2.05, 4.69) is 28.2 Å². The molecule has 1 saturated carbocycles. The maximum atomic E-state index is 12.5. The molecule has 4 rings (SSSR count). The largest absolute Gasteiger partial charge is 0.352 e. The molecular formula is C29H33Cl2N3O. The Labute approximate surface area is 218 Å². The van der Waals surface area contributed by atoms with E-state index in [0.29, 0.717) is 34.0 Å². The molecule has 184 valence electrons. The standard InChI is InChI=1S/C29H33Cl2N3O/c1-2-17-34(20-23-19-25(23)24-8-7-9-26(30)28(24)31)18-6-5-16-33-29(35)22-13-11-21(12-14-22)27-10-3-4-15-32-27/h3-4,7-15,23,25H,2,5-6,16-20H2,1H3,(H,33,35)/t23-,25+/m0/s1. The number of hydrogen-bond donors (Lipinski definition) is 1. The number of halogens is 2. The second kappa shape index (κ2) is 12.5. The van der Waals surface area contributed by atoms with Crippen molar-refractivity contribution < 1.29 is 4.79 Å². The molecule has 0 spiro atoms. The van der Waals surface area contributed by atoms with Crippen LogP contribution >= 0.6 is 23.2 Å². The number of nitrogens with one attached hydrogen (secondary N) is 1. The topological polar surface area (TPSA) is 45.2 Å². The van der Waals surface area contributed by atoms with E-state index in [1.165, 1.54) is 12.0 Å². The SMILES string of the molecule is CCCN(CCCCNC(=O)c1ccc(-c2ccccn2)cc1)C[C@@H]1C[C@H]1c1cccc(Cl)c1Cl. The molecule has 35 heavy (non-hydrogen) atoms. The summed E-state index contributed by atoms with van der Waals surface area (Å²) in [7, 11) is 0. The first-order chi connectivity index (χ1) is 17.1. The van der Waals surface area contributed by atoms with Gasteiger partial charge in [-0.25, -0.2) is 0 Å². The highest BCUT2D eigenvalue weighted by Crippen LogP contribution is 2.50. The van der Waals surface area contributed by atoms with Crippen molar-refractivity contribution in [3.8, 4) is 11.3 Å². The minimum absolute atomic E-state index is 0.0257. The van der Waals surface area contributed by atoms with Crippen LogP contribution in [0.3, 0.4) is 0 Å². The Morgan fingerprint density at radius 2 is 1.86 bits per heavy atom. The van der Waals surface area contributed by atoms with Crippen molar-refractivity contribution in [2.45, 2.75) is 38.5 Å². The highest BCUT2D eigenvalue weighted by molar-refractivity contribution is 6.42. The number of amides is 1. The summed E-state index contributed by atoms with van der Waals surface area (Å²) in [6.45, 7) is 6.16. The van der Waals surface area contributed by atoms with Gasteiger partial charge in [0.1, 0.15) is 0 Å². The number of pyridine rings is 1. The Morgan fingerprint density at radius 1 is 1.03 bits per heavy atom. The highest BCUT2D eigenvalue weighted by Gasteiger charge is 2.40. The molecule has 1 amide bonds. The zero-order valence-corrected chi connectivity index (χ0v) is 21.7. The molecule has 1 aromatic heterocycles. The maximum absolute atomic E-state index is 12.5. The van der Waals surface area contributed by atoms with Crippen LogP contribution in [-0.4, -0.2) is 42.0 Å². The summed E-state index contributed by atoms with van der Waals surface area (Å²) >= 11 is 12.6. The lowest BCUT2D eigenvalue weighted by atomic mass is 10.1. The normalized spacial score (nSPS) is 16.9. The van der Waals surface area contributed by atoms with Crippen LogP contribution < -0.4 is 5.32 Å². The molecule has 3 aromatic rings. The number of carbonyl (C=O) groups excluding carboxylic acids is 1. The van der Waals surface area contributed by atoms with E-state index < -0.39 is 0 Å². The molecule has 0 bridgehead atoms. The van der Waals surface area contributed by atoms with Crippen LogP contribution in [0.15, 0.2) is 66.9 Å². The van der Waals surface area contributed by atoms with Crippen LogP contribution in [0.4, 0.5) is 0 Å². The van der Waals surface area contributed by atoms with Crippen molar-refractivity contribution >= 4 is 29.1 Å². The fraction of sp³-hybridized carbons (Fsp3) is 0.379. The summed E-state index contributed by atoms with van der Waals surface area (Å²) in [5.74, 6) is 1.14. The van der Waals surface area contributed by atoms with Crippen molar-refractivity contribution in [3.63, 3.8) is 0 Å². The van der Waals surface area contributed by atoms with Crippen LogP contribution in [-0.2, 0) is 0 Å². The summed E-state index contributed by atoms with van der Waals surface area (Å²) in [4.78, 5) is 19.4. The molecule has 1 aliphatic rings. The third kappa shape index (κ3) is 7.07. The minimum Gasteiger partial charge on any atom is -0.352 e. The van der Waals surface area contributed by atoms with Gasteiger partial charge in [0, 0.05) is 30.4 Å². The molecule has 0 unspecified atom stereocenters. The number of hydrogen-bond acceptors (Lipinski definition) is 3. The predicted molar refractivity (Wildman–Crippen MR) is 145 cm³/mol. The van der Waals surface area contributed by atoms with Crippen LogP contribution in [0, 0.1) is 5.92 Å². The van der Waals surface area contributed by atoms with Gasteiger partial charge in [0.2, 0.25) is 0 Å².